The summed E-state index contributed by atoms with van der Waals surface area (Å²) in [7, 11) is 1.66. The molecule has 90 valence electrons. The Morgan fingerprint density at radius 2 is 2.12 bits per heavy atom. The van der Waals surface area contributed by atoms with Crippen LogP contribution >= 0.6 is 11.3 Å². The number of rotatable bonds is 2. The molecular formula is C9H6F3N3OS. The third-order valence-corrected chi connectivity index (χ3v) is 2.95. The number of carbonyl (C=O) groups is 1. The van der Waals surface area contributed by atoms with E-state index in [1.54, 1.807) is 11.6 Å². The number of aromatic nitrogens is 3. The van der Waals surface area contributed by atoms with Gasteiger partial charge >= 0.3 is 6.18 Å². The second kappa shape index (κ2) is 3.95. The van der Waals surface area contributed by atoms with E-state index in [9.17, 15) is 18.0 Å². The molecule has 0 spiro atoms. The highest BCUT2D eigenvalue weighted by Gasteiger charge is 2.35. The third-order valence-electron chi connectivity index (χ3n) is 1.91. The minimum absolute atomic E-state index is 0.0731. The molecule has 8 heteroatoms. The zero-order chi connectivity index (χ0) is 12.6. The van der Waals surface area contributed by atoms with Crippen molar-refractivity contribution in [1.29, 1.82) is 0 Å². The van der Waals surface area contributed by atoms with Gasteiger partial charge in [-0.1, -0.05) is 0 Å². The maximum Gasteiger partial charge on any atom is 0.443 e. The van der Waals surface area contributed by atoms with Crippen LogP contribution in [0.3, 0.4) is 0 Å². The number of nitrogens with zero attached hydrogens (tertiary/aromatic N) is 3. The molecule has 0 saturated carbocycles. The topological polar surface area (TPSA) is 47.8 Å². The van der Waals surface area contributed by atoms with E-state index in [0.29, 0.717) is 11.3 Å². The molecule has 0 amide bonds. The van der Waals surface area contributed by atoms with Crippen LogP contribution in [-0.4, -0.2) is 20.3 Å². The lowest BCUT2D eigenvalue weighted by Crippen LogP contribution is -2.03. The standard InChI is InChI=1S/C9H6F3N3OS/c1-15-3-5(14-4-15)7(16)6-2-13-8(17-6)9(10,11)12/h2-4H,1H3. The van der Waals surface area contributed by atoms with Crippen LogP contribution < -0.4 is 0 Å². The van der Waals surface area contributed by atoms with Crippen LogP contribution in [0.2, 0.25) is 0 Å². The first kappa shape index (κ1) is 11.8. The first-order chi connectivity index (χ1) is 7.88. The fourth-order valence-electron chi connectivity index (χ4n) is 1.17. The minimum Gasteiger partial charge on any atom is -0.340 e. The monoisotopic (exact) mass is 261 g/mol. The molecule has 17 heavy (non-hydrogen) atoms. The van der Waals surface area contributed by atoms with Crippen LogP contribution in [0, 0.1) is 0 Å². The second-order valence-electron chi connectivity index (χ2n) is 3.28. The molecule has 0 atom stereocenters. The van der Waals surface area contributed by atoms with E-state index in [4.69, 9.17) is 0 Å². The molecule has 2 aromatic heterocycles. The number of carbonyl (C=O) groups excluding carboxylic acids is 1. The number of aryl methyl sites for hydroxylation is 1. The largest absolute Gasteiger partial charge is 0.443 e. The molecule has 0 saturated heterocycles. The fourth-order valence-corrected chi connectivity index (χ4v) is 1.90. The molecule has 0 unspecified atom stereocenters. The molecule has 4 nitrogen and oxygen atoms in total. The van der Waals surface area contributed by atoms with E-state index in [1.165, 1.54) is 12.5 Å². The quantitative estimate of drug-likeness (QED) is 0.778. The van der Waals surface area contributed by atoms with Crippen molar-refractivity contribution in [2.75, 3.05) is 0 Å². The van der Waals surface area contributed by atoms with Crippen molar-refractivity contribution in [2.45, 2.75) is 6.18 Å². The molecule has 0 fully saturated rings. The minimum atomic E-state index is -4.52. The van der Waals surface area contributed by atoms with Crippen molar-refractivity contribution in [3.05, 3.63) is 34.3 Å². The molecule has 0 bridgehead atoms. The molecule has 0 N–H and O–H groups in total. The molecule has 0 aliphatic heterocycles. The predicted octanol–water partition coefficient (Wildman–Crippen LogP) is 2.13. The average Bonchev–Trinajstić information content (AvgIpc) is 2.83. The van der Waals surface area contributed by atoms with Crippen molar-refractivity contribution in [2.24, 2.45) is 7.05 Å². The lowest BCUT2D eigenvalue weighted by atomic mass is 10.3. The molecule has 2 aromatic rings. The second-order valence-corrected chi connectivity index (χ2v) is 4.31. The molecule has 0 aliphatic rings. The first-order valence-electron chi connectivity index (χ1n) is 4.43. The summed E-state index contributed by atoms with van der Waals surface area (Å²) in [4.78, 5) is 18.6. The highest BCUT2D eigenvalue weighted by atomic mass is 32.1. The summed E-state index contributed by atoms with van der Waals surface area (Å²) in [6.07, 6.45) is -0.758. The Labute approximate surface area is 97.7 Å². The number of hydrogen-bond acceptors (Lipinski definition) is 4. The smallest absolute Gasteiger partial charge is 0.340 e. The molecule has 0 aliphatic carbocycles. The number of halogens is 3. The summed E-state index contributed by atoms with van der Waals surface area (Å²) in [5.41, 5.74) is 0.102. The van der Waals surface area contributed by atoms with Gasteiger partial charge in [0, 0.05) is 19.4 Å². The SMILES string of the molecule is Cn1cnc(C(=O)c2cnc(C(F)(F)F)s2)c1. The Balaban J connectivity index is 2.30. The van der Waals surface area contributed by atoms with Gasteiger partial charge in [-0.15, -0.1) is 11.3 Å². The van der Waals surface area contributed by atoms with E-state index < -0.39 is 17.0 Å². The molecule has 2 rings (SSSR count). The van der Waals surface area contributed by atoms with Gasteiger partial charge in [0.05, 0.1) is 11.2 Å². The Morgan fingerprint density at radius 1 is 1.41 bits per heavy atom. The van der Waals surface area contributed by atoms with Crippen molar-refractivity contribution in [3.8, 4) is 0 Å². The van der Waals surface area contributed by atoms with Gasteiger partial charge < -0.3 is 4.57 Å². The van der Waals surface area contributed by atoms with E-state index in [-0.39, 0.29) is 10.6 Å². The lowest BCUT2D eigenvalue weighted by Gasteiger charge is -1.98. The zero-order valence-electron chi connectivity index (χ0n) is 8.52. The van der Waals surface area contributed by atoms with E-state index >= 15 is 0 Å². The maximum absolute atomic E-state index is 12.3. The van der Waals surface area contributed by atoms with Gasteiger partial charge in [0.25, 0.3) is 0 Å². The number of imidazole rings is 1. The van der Waals surface area contributed by atoms with Gasteiger partial charge in [-0.3, -0.25) is 4.79 Å². The van der Waals surface area contributed by atoms with Gasteiger partial charge in [0.15, 0.2) is 5.01 Å². The van der Waals surface area contributed by atoms with Crippen molar-refractivity contribution >= 4 is 17.1 Å². The number of hydrogen-bond donors (Lipinski definition) is 0. The average molecular weight is 261 g/mol. The summed E-state index contributed by atoms with van der Waals surface area (Å²) >= 11 is 0.317. The van der Waals surface area contributed by atoms with Gasteiger partial charge in [-0.2, -0.15) is 13.2 Å². The van der Waals surface area contributed by atoms with Crippen molar-refractivity contribution < 1.29 is 18.0 Å². The van der Waals surface area contributed by atoms with Gasteiger partial charge in [-0.25, -0.2) is 9.97 Å². The van der Waals surface area contributed by atoms with Crippen molar-refractivity contribution in [1.82, 2.24) is 14.5 Å². The summed E-state index contributed by atoms with van der Waals surface area (Å²) in [5, 5.41) is -1.03. The van der Waals surface area contributed by atoms with Crippen LogP contribution in [0.1, 0.15) is 20.4 Å². The normalized spacial score (nSPS) is 11.8. The maximum atomic E-state index is 12.3. The number of thiazole rings is 1. The Hall–Kier alpha value is -1.70. The Bertz CT molecular complexity index is 558. The van der Waals surface area contributed by atoms with Crippen LogP contribution in [0.5, 0.6) is 0 Å². The first-order valence-corrected chi connectivity index (χ1v) is 5.25. The van der Waals surface area contributed by atoms with Crippen LogP contribution in [0.15, 0.2) is 18.7 Å². The molecule has 0 aromatic carbocycles. The fraction of sp³-hybridized carbons (Fsp3) is 0.222. The number of ketones is 1. The third kappa shape index (κ3) is 2.36. The van der Waals surface area contributed by atoms with Gasteiger partial charge in [-0.05, 0) is 0 Å². The highest BCUT2D eigenvalue weighted by Crippen LogP contribution is 2.32. The van der Waals surface area contributed by atoms with Gasteiger partial charge in [0.2, 0.25) is 5.78 Å². The summed E-state index contributed by atoms with van der Waals surface area (Å²) in [5.74, 6) is -0.557. The molecule has 2 heterocycles. The van der Waals surface area contributed by atoms with Crippen LogP contribution in [0.4, 0.5) is 13.2 Å². The van der Waals surface area contributed by atoms with E-state index in [2.05, 4.69) is 9.97 Å². The van der Waals surface area contributed by atoms with E-state index in [0.717, 1.165) is 6.20 Å². The Kier molecular flexibility index (Phi) is 2.74. The van der Waals surface area contributed by atoms with Crippen molar-refractivity contribution in [3.63, 3.8) is 0 Å². The predicted molar refractivity (Wildman–Crippen MR) is 53.8 cm³/mol. The number of alkyl halides is 3. The molecule has 0 radical (unpaired) electrons. The van der Waals surface area contributed by atoms with Gasteiger partial charge in [0.1, 0.15) is 5.69 Å². The lowest BCUT2D eigenvalue weighted by molar-refractivity contribution is -0.137. The summed E-state index contributed by atoms with van der Waals surface area (Å²) < 4.78 is 38.4. The summed E-state index contributed by atoms with van der Waals surface area (Å²) in [6, 6.07) is 0. The Morgan fingerprint density at radius 3 is 2.59 bits per heavy atom. The molecular weight excluding hydrogens is 255 g/mol. The van der Waals surface area contributed by atoms with Crippen LogP contribution in [-0.2, 0) is 13.2 Å². The van der Waals surface area contributed by atoms with Crippen LogP contribution in [0.25, 0.3) is 0 Å². The highest BCUT2D eigenvalue weighted by molar-refractivity contribution is 7.13. The van der Waals surface area contributed by atoms with E-state index in [1.807, 2.05) is 0 Å². The zero-order valence-corrected chi connectivity index (χ0v) is 9.34. The summed E-state index contributed by atoms with van der Waals surface area (Å²) in [6.45, 7) is 0.